The van der Waals surface area contributed by atoms with E-state index in [-0.39, 0.29) is 13.3 Å². The highest BCUT2D eigenvalue weighted by Gasteiger charge is 2.38. The quantitative estimate of drug-likeness (QED) is 0.231. The molecule has 0 spiro atoms. The Kier molecular flexibility index (Phi) is 28.4. The Balaban J connectivity index is 0. The van der Waals surface area contributed by atoms with Gasteiger partial charge in [-0.3, -0.25) is 4.90 Å². The van der Waals surface area contributed by atoms with Gasteiger partial charge < -0.3 is 30.6 Å². The molecule has 1 aromatic carbocycles. The first-order valence-electron chi connectivity index (χ1n) is 15.8. The summed E-state index contributed by atoms with van der Waals surface area (Å²) in [6.07, 6.45) is 11.5. The number of amides is 1. The Morgan fingerprint density at radius 2 is 1.60 bits per heavy atom. The standard InChI is InChI=1S/C14H18N2O4.C7H17N.C6H14.C5H11N.CH2O/c15-8-4-7-12-13(17)20-10-16(12)14(18)19-9-11-5-2-1-3-6-11;1-4-5-6(2)7(3)8;1-3-5-6-4-2;1-6-4-2-3-5-6;1-2/h1-3,5-6,12H,4,7-10,15H2;6-7H,4-5,8H2,1-3H3;3-6H2,1-2H3;2-5H2,1H3;1H2/t12-;;;;/m0..../s1. The normalized spacial score (nSPS) is 17.0. The van der Waals surface area contributed by atoms with Gasteiger partial charge >= 0.3 is 12.1 Å². The lowest BCUT2D eigenvalue weighted by atomic mass is 9.99. The minimum Gasteiger partial charge on any atom is -0.444 e. The van der Waals surface area contributed by atoms with Crippen LogP contribution in [0.4, 0.5) is 4.79 Å². The molecule has 1 amide bonds. The molecule has 2 heterocycles. The number of rotatable bonds is 11. The second kappa shape index (κ2) is 28.6. The molecule has 0 saturated carbocycles. The summed E-state index contributed by atoms with van der Waals surface area (Å²) in [5, 5.41) is 0. The lowest BCUT2D eigenvalue weighted by Gasteiger charge is -2.19. The Morgan fingerprint density at radius 3 is 2.00 bits per heavy atom. The first kappa shape index (κ1) is 41.6. The van der Waals surface area contributed by atoms with E-state index in [1.165, 1.54) is 69.4 Å². The van der Waals surface area contributed by atoms with Crippen molar-refractivity contribution in [3.63, 3.8) is 0 Å². The van der Waals surface area contributed by atoms with Crippen molar-refractivity contribution in [3.05, 3.63) is 35.9 Å². The van der Waals surface area contributed by atoms with Gasteiger partial charge in [0.25, 0.3) is 0 Å². The predicted molar refractivity (Wildman–Crippen MR) is 173 cm³/mol. The van der Waals surface area contributed by atoms with Gasteiger partial charge in [-0.05, 0) is 77.2 Å². The summed E-state index contributed by atoms with van der Waals surface area (Å²) in [7, 11) is 2.17. The van der Waals surface area contributed by atoms with Crippen molar-refractivity contribution in [3.8, 4) is 0 Å². The third-order valence-electron chi connectivity index (χ3n) is 7.04. The number of esters is 1. The average Bonchev–Trinajstić information content (AvgIpc) is 3.64. The molecule has 0 aliphatic carbocycles. The molecular formula is C33H62N4O5. The van der Waals surface area contributed by atoms with E-state index in [9.17, 15) is 9.59 Å². The summed E-state index contributed by atoms with van der Waals surface area (Å²) >= 11 is 0. The van der Waals surface area contributed by atoms with Gasteiger partial charge in [0.2, 0.25) is 0 Å². The smallest absolute Gasteiger partial charge is 0.413 e. The van der Waals surface area contributed by atoms with E-state index in [0.717, 1.165) is 5.56 Å². The first-order chi connectivity index (χ1) is 20.2. The highest BCUT2D eigenvalue weighted by atomic mass is 16.6. The van der Waals surface area contributed by atoms with Crippen molar-refractivity contribution in [2.75, 3.05) is 33.4 Å². The monoisotopic (exact) mass is 594 g/mol. The fourth-order valence-corrected chi connectivity index (χ4v) is 4.11. The van der Waals surface area contributed by atoms with E-state index in [1.54, 1.807) is 0 Å². The van der Waals surface area contributed by atoms with Gasteiger partial charge in [0.1, 0.15) is 19.4 Å². The molecule has 2 fully saturated rings. The molecule has 2 aliphatic heterocycles. The molecule has 2 saturated heterocycles. The van der Waals surface area contributed by atoms with Crippen LogP contribution in [0.25, 0.3) is 0 Å². The number of ether oxygens (including phenoxy) is 2. The second-order valence-electron chi connectivity index (χ2n) is 10.9. The Hall–Kier alpha value is -2.49. The molecule has 9 nitrogen and oxygen atoms in total. The lowest BCUT2D eigenvalue weighted by molar-refractivity contribution is -0.139. The fourth-order valence-electron chi connectivity index (χ4n) is 4.11. The number of benzene rings is 1. The number of likely N-dealkylation sites (tertiary alicyclic amines) is 1. The van der Waals surface area contributed by atoms with E-state index in [2.05, 4.69) is 46.6 Å². The Bertz CT molecular complexity index is 756. The molecule has 3 rings (SSSR count). The Labute approximate surface area is 256 Å². The molecule has 1 aromatic rings. The Morgan fingerprint density at radius 1 is 1.02 bits per heavy atom. The van der Waals surface area contributed by atoms with E-state index in [1.807, 2.05) is 37.1 Å². The minimum absolute atomic E-state index is 0.0539. The summed E-state index contributed by atoms with van der Waals surface area (Å²) in [5.41, 5.74) is 11.9. The largest absolute Gasteiger partial charge is 0.444 e. The number of carbonyl (C=O) groups is 3. The average molecular weight is 595 g/mol. The van der Waals surface area contributed by atoms with Crippen molar-refractivity contribution >= 4 is 18.9 Å². The molecule has 9 heteroatoms. The van der Waals surface area contributed by atoms with Crippen LogP contribution in [0.2, 0.25) is 0 Å². The highest BCUT2D eigenvalue weighted by molar-refractivity contribution is 5.83. The molecule has 2 aliphatic rings. The summed E-state index contributed by atoms with van der Waals surface area (Å²) < 4.78 is 10.1. The number of unbranched alkanes of at least 4 members (excludes halogenated alkanes) is 3. The van der Waals surface area contributed by atoms with Crippen LogP contribution in [0.3, 0.4) is 0 Å². The zero-order valence-electron chi connectivity index (χ0n) is 27.5. The summed E-state index contributed by atoms with van der Waals surface area (Å²) in [6, 6.07) is 9.15. The minimum atomic E-state index is -0.582. The maximum atomic E-state index is 12.0. The molecule has 0 aromatic heterocycles. The van der Waals surface area contributed by atoms with Gasteiger partial charge in [0.05, 0.1) is 0 Å². The van der Waals surface area contributed by atoms with Crippen LogP contribution in [0, 0.1) is 5.92 Å². The fraction of sp³-hybridized carbons (Fsp3) is 0.727. The van der Waals surface area contributed by atoms with Gasteiger partial charge in [-0.1, -0.05) is 90.1 Å². The van der Waals surface area contributed by atoms with Gasteiger partial charge in [-0.15, -0.1) is 0 Å². The first-order valence-corrected chi connectivity index (χ1v) is 15.8. The number of hydrogen-bond acceptors (Lipinski definition) is 8. The number of carbonyl (C=O) groups excluding carboxylic acids is 3. The summed E-state index contributed by atoms with van der Waals surface area (Å²) in [4.78, 5) is 35.2. The van der Waals surface area contributed by atoms with Crippen LogP contribution < -0.4 is 11.5 Å². The molecule has 4 N–H and O–H groups in total. The maximum absolute atomic E-state index is 12.0. The molecule has 0 radical (unpaired) electrons. The summed E-state index contributed by atoms with van der Waals surface area (Å²) in [6.45, 7) is 16.2. The molecule has 3 atom stereocenters. The van der Waals surface area contributed by atoms with Crippen LogP contribution in [0.1, 0.15) is 104 Å². The third-order valence-corrected chi connectivity index (χ3v) is 7.04. The van der Waals surface area contributed by atoms with E-state index in [4.69, 9.17) is 25.7 Å². The molecule has 42 heavy (non-hydrogen) atoms. The van der Waals surface area contributed by atoms with Crippen LogP contribution >= 0.6 is 0 Å². The van der Waals surface area contributed by atoms with E-state index < -0.39 is 18.1 Å². The summed E-state index contributed by atoms with van der Waals surface area (Å²) in [5.74, 6) is 0.301. The van der Waals surface area contributed by atoms with Crippen molar-refractivity contribution in [1.82, 2.24) is 9.80 Å². The van der Waals surface area contributed by atoms with Crippen molar-refractivity contribution in [1.29, 1.82) is 0 Å². The topological polar surface area (TPSA) is 128 Å². The molecule has 244 valence electrons. The number of nitrogens with zero attached hydrogens (tertiary/aromatic N) is 2. The van der Waals surface area contributed by atoms with Gasteiger partial charge in [-0.25, -0.2) is 9.59 Å². The number of hydrogen-bond donors (Lipinski definition) is 2. The maximum Gasteiger partial charge on any atom is 0.413 e. The van der Waals surface area contributed by atoms with E-state index >= 15 is 0 Å². The molecule has 0 bridgehead atoms. The zero-order chi connectivity index (χ0) is 32.2. The SMILES string of the molecule is C=O.CCCC(C)C(C)N.CCCCCC.CN1CCCC1.NCCC[C@H]1C(=O)OCN1C(=O)OCc1ccccc1. The lowest BCUT2D eigenvalue weighted by Crippen LogP contribution is -2.38. The number of nitrogens with two attached hydrogens (primary N) is 2. The van der Waals surface area contributed by atoms with Crippen molar-refractivity contribution < 1.29 is 23.9 Å². The number of cyclic esters (lactones) is 1. The van der Waals surface area contributed by atoms with Crippen molar-refractivity contribution in [2.45, 2.75) is 118 Å². The second-order valence-corrected chi connectivity index (χ2v) is 10.9. The predicted octanol–water partition coefficient (Wildman–Crippen LogP) is 6.13. The van der Waals surface area contributed by atoms with Crippen LogP contribution in [0.5, 0.6) is 0 Å². The van der Waals surface area contributed by atoms with Gasteiger partial charge in [0.15, 0.2) is 6.73 Å². The van der Waals surface area contributed by atoms with Crippen LogP contribution in [0.15, 0.2) is 30.3 Å². The van der Waals surface area contributed by atoms with Crippen molar-refractivity contribution in [2.24, 2.45) is 17.4 Å². The van der Waals surface area contributed by atoms with Crippen LogP contribution in [-0.2, 0) is 25.7 Å². The molecular weight excluding hydrogens is 532 g/mol. The molecule has 2 unspecified atom stereocenters. The third kappa shape index (κ3) is 21.2. The van der Waals surface area contributed by atoms with E-state index in [0.29, 0.717) is 31.3 Å². The highest BCUT2D eigenvalue weighted by Crippen LogP contribution is 2.18. The van der Waals surface area contributed by atoms with Gasteiger partial charge in [-0.2, -0.15) is 0 Å². The van der Waals surface area contributed by atoms with Gasteiger partial charge in [0, 0.05) is 6.04 Å². The zero-order valence-corrected chi connectivity index (χ0v) is 27.5. The van der Waals surface area contributed by atoms with Crippen LogP contribution in [-0.4, -0.2) is 74.1 Å².